The van der Waals surface area contributed by atoms with Gasteiger partial charge in [0.2, 0.25) is 0 Å². The molecule has 1 N–H and O–H groups in total. The largest absolute Gasteiger partial charge is 0.496 e. The average molecular weight is 244 g/mol. The van der Waals surface area contributed by atoms with Crippen LogP contribution in [0, 0.1) is 6.92 Å². The van der Waals surface area contributed by atoms with Gasteiger partial charge in [0.1, 0.15) is 5.75 Å². The summed E-state index contributed by atoms with van der Waals surface area (Å²) in [5.74, 6) is -2.00. The van der Waals surface area contributed by atoms with Crippen molar-refractivity contribution >= 4 is 5.97 Å². The molecule has 0 aliphatic rings. The van der Waals surface area contributed by atoms with Crippen LogP contribution < -0.4 is 4.74 Å². The number of carboxylic acid groups (broad SMARTS) is 1. The van der Waals surface area contributed by atoms with E-state index in [1.807, 2.05) is 0 Å². The van der Waals surface area contributed by atoms with Crippen molar-refractivity contribution in [2.45, 2.75) is 26.2 Å². The summed E-state index contributed by atoms with van der Waals surface area (Å²) in [7, 11) is 1.26. The highest BCUT2D eigenvalue weighted by atomic mass is 19.3. The van der Waals surface area contributed by atoms with Crippen LogP contribution in [-0.4, -0.2) is 18.2 Å². The number of hydrogen-bond donors (Lipinski definition) is 1. The van der Waals surface area contributed by atoms with Gasteiger partial charge in [-0.25, -0.2) is 8.78 Å². The number of ether oxygens (including phenoxy) is 1. The summed E-state index contributed by atoms with van der Waals surface area (Å²) < 4.78 is 30.5. The van der Waals surface area contributed by atoms with Crippen molar-refractivity contribution in [1.29, 1.82) is 0 Å². The monoisotopic (exact) mass is 244 g/mol. The molecular weight excluding hydrogens is 230 g/mol. The molecule has 0 radical (unpaired) electrons. The third kappa shape index (κ3) is 2.72. The molecular formula is C12H14F2O3. The van der Waals surface area contributed by atoms with E-state index in [1.165, 1.54) is 20.1 Å². The van der Waals surface area contributed by atoms with Crippen LogP contribution in [0.15, 0.2) is 12.1 Å². The van der Waals surface area contributed by atoms with Gasteiger partial charge in [-0.05, 0) is 19.9 Å². The van der Waals surface area contributed by atoms with E-state index in [4.69, 9.17) is 9.84 Å². The van der Waals surface area contributed by atoms with Crippen molar-refractivity contribution in [2.24, 2.45) is 0 Å². The Morgan fingerprint density at radius 1 is 1.35 bits per heavy atom. The zero-order valence-electron chi connectivity index (χ0n) is 9.83. The summed E-state index contributed by atoms with van der Waals surface area (Å²) in [4.78, 5) is 10.9. The van der Waals surface area contributed by atoms with E-state index in [0.717, 1.165) is 0 Å². The summed E-state index contributed by atoms with van der Waals surface area (Å²) in [6.45, 7) is 3.08. The first kappa shape index (κ1) is 13.4. The number of rotatable bonds is 4. The molecule has 17 heavy (non-hydrogen) atoms. The van der Waals surface area contributed by atoms with Gasteiger partial charge in [-0.15, -0.1) is 0 Å². The topological polar surface area (TPSA) is 46.5 Å². The van der Waals surface area contributed by atoms with E-state index in [-0.39, 0.29) is 16.9 Å². The summed E-state index contributed by atoms with van der Waals surface area (Å²) in [6, 6.07) is 2.87. The lowest BCUT2D eigenvalue weighted by Gasteiger charge is -2.17. The number of aryl methyl sites for hydroxylation is 1. The zero-order valence-corrected chi connectivity index (χ0v) is 9.83. The minimum Gasteiger partial charge on any atom is -0.496 e. The van der Waals surface area contributed by atoms with Crippen LogP contribution in [-0.2, 0) is 4.79 Å². The Morgan fingerprint density at radius 2 is 1.88 bits per heavy atom. The summed E-state index contributed by atoms with van der Waals surface area (Å²) >= 11 is 0. The van der Waals surface area contributed by atoms with Gasteiger partial charge < -0.3 is 9.84 Å². The normalized spacial score (nSPS) is 12.6. The van der Waals surface area contributed by atoms with Crippen LogP contribution in [0.4, 0.5) is 8.78 Å². The SMILES string of the molecule is COc1c(C(F)F)cc(C)cc1C(C)C(=O)O. The van der Waals surface area contributed by atoms with Gasteiger partial charge in [0.05, 0.1) is 18.6 Å². The third-order valence-corrected chi connectivity index (χ3v) is 2.57. The Morgan fingerprint density at radius 3 is 2.29 bits per heavy atom. The van der Waals surface area contributed by atoms with Gasteiger partial charge in [0.25, 0.3) is 6.43 Å². The average Bonchev–Trinajstić information content (AvgIpc) is 2.26. The Labute approximate surface area is 98.0 Å². The van der Waals surface area contributed by atoms with Crippen molar-refractivity contribution < 1.29 is 23.4 Å². The van der Waals surface area contributed by atoms with Crippen LogP contribution >= 0.6 is 0 Å². The molecule has 0 spiro atoms. The maximum absolute atomic E-state index is 12.8. The zero-order chi connectivity index (χ0) is 13.2. The second-order valence-electron chi connectivity index (χ2n) is 3.84. The summed E-state index contributed by atoms with van der Waals surface area (Å²) in [6.07, 6.45) is -2.69. The predicted molar refractivity (Wildman–Crippen MR) is 58.7 cm³/mol. The van der Waals surface area contributed by atoms with Gasteiger partial charge in [-0.3, -0.25) is 4.79 Å². The molecule has 1 rings (SSSR count). The van der Waals surface area contributed by atoms with Crippen LogP contribution in [0.1, 0.15) is 36.0 Å². The molecule has 0 heterocycles. The number of hydrogen-bond acceptors (Lipinski definition) is 2. The van der Waals surface area contributed by atoms with Crippen LogP contribution in [0.25, 0.3) is 0 Å². The second kappa shape index (κ2) is 5.12. The smallest absolute Gasteiger partial charge is 0.310 e. The predicted octanol–water partition coefficient (Wildman–Crippen LogP) is 3.13. The fourth-order valence-electron chi connectivity index (χ4n) is 1.68. The van der Waals surface area contributed by atoms with Crippen molar-refractivity contribution in [2.75, 3.05) is 7.11 Å². The second-order valence-corrected chi connectivity index (χ2v) is 3.84. The number of aliphatic carboxylic acids is 1. The van der Waals surface area contributed by atoms with Gasteiger partial charge in [-0.1, -0.05) is 11.6 Å². The van der Waals surface area contributed by atoms with Crippen molar-refractivity contribution in [3.8, 4) is 5.75 Å². The van der Waals surface area contributed by atoms with E-state index < -0.39 is 18.3 Å². The maximum atomic E-state index is 12.8. The highest BCUT2D eigenvalue weighted by molar-refractivity contribution is 5.77. The number of carbonyl (C=O) groups is 1. The Bertz CT molecular complexity index is 430. The Balaban J connectivity index is 3.43. The number of methoxy groups -OCH3 is 1. The molecule has 0 amide bonds. The molecule has 0 saturated carbocycles. The molecule has 0 fully saturated rings. The fourth-order valence-corrected chi connectivity index (χ4v) is 1.68. The first-order valence-corrected chi connectivity index (χ1v) is 5.07. The van der Waals surface area contributed by atoms with E-state index >= 15 is 0 Å². The number of halogens is 2. The molecule has 1 aromatic rings. The van der Waals surface area contributed by atoms with Crippen molar-refractivity contribution in [3.05, 3.63) is 28.8 Å². The Hall–Kier alpha value is -1.65. The van der Waals surface area contributed by atoms with E-state index in [2.05, 4.69) is 0 Å². The molecule has 0 saturated heterocycles. The van der Waals surface area contributed by atoms with Crippen molar-refractivity contribution in [1.82, 2.24) is 0 Å². The first-order chi connectivity index (χ1) is 7.88. The molecule has 1 unspecified atom stereocenters. The lowest BCUT2D eigenvalue weighted by molar-refractivity contribution is -0.138. The third-order valence-electron chi connectivity index (χ3n) is 2.57. The lowest BCUT2D eigenvalue weighted by atomic mass is 9.95. The minimum atomic E-state index is -2.69. The van der Waals surface area contributed by atoms with E-state index in [1.54, 1.807) is 13.0 Å². The standard InChI is InChI=1S/C12H14F2O3/c1-6-4-8(7(2)12(15)16)10(17-3)9(5-6)11(13)14/h4-5,7,11H,1-3H3,(H,15,16). The summed E-state index contributed by atoms with van der Waals surface area (Å²) in [5.41, 5.74) is 0.593. The van der Waals surface area contributed by atoms with Crippen molar-refractivity contribution in [3.63, 3.8) is 0 Å². The Kier molecular flexibility index (Phi) is 4.04. The maximum Gasteiger partial charge on any atom is 0.310 e. The molecule has 5 heteroatoms. The quantitative estimate of drug-likeness (QED) is 0.885. The lowest BCUT2D eigenvalue weighted by Crippen LogP contribution is -2.10. The molecule has 1 atom stereocenters. The van der Waals surface area contributed by atoms with E-state index in [9.17, 15) is 13.6 Å². The molecule has 94 valence electrons. The number of carboxylic acids is 1. The minimum absolute atomic E-state index is 0.0412. The molecule has 0 aliphatic heterocycles. The van der Waals surface area contributed by atoms with Gasteiger partial charge in [-0.2, -0.15) is 0 Å². The number of benzene rings is 1. The van der Waals surface area contributed by atoms with Crippen LogP contribution in [0.2, 0.25) is 0 Å². The van der Waals surface area contributed by atoms with Crippen LogP contribution in [0.3, 0.4) is 0 Å². The molecule has 0 aromatic heterocycles. The van der Waals surface area contributed by atoms with Gasteiger partial charge in [0.15, 0.2) is 0 Å². The van der Waals surface area contributed by atoms with Crippen LogP contribution in [0.5, 0.6) is 5.75 Å². The van der Waals surface area contributed by atoms with E-state index in [0.29, 0.717) is 5.56 Å². The summed E-state index contributed by atoms with van der Waals surface area (Å²) in [5, 5.41) is 8.93. The first-order valence-electron chi connectivity index (χ1n) is 5.07. The number of alkyl halides is 2. The van der Waals surface area contributed by atoms with Gasteiger partial charge >= 0.3 is 5.97 Å². The molecule has 0 aliphatic carbocycles. The highest BCUT2D eigenvalue weighted by Gasteiger charge is 2.24. The molecule has 1 aromatic carbocycles. The highest BCUT2D eigenvalue weighted by Crippen LogP contribution is 2.37. The molecule has 3 nitrogen and oxygen atoms in total. The fraction of sp³-hybridized carbons (Fsp3) is 0.417. The molecule has 0 bridgehead atoms. The van der Waals surface area contributed by atoms with Gasteiger partial charge in [0, 0.05) is 5.56 Å².